The molecule has 1 aliphatic carbocycles. The summed E-state index contributed by atoms with van der Waals surface area (Å²) in [5, 5.41) is 0. The summed E-state index contributed by atoms with van der Waals surface area (Å²) in [5.74, 6) is 1.02. The van der Waals surface area contributed by atoms with Gasteiger partial charge in [0.15, 0.2) is 0 Å². The molecule has 0 aromatic carbocycles. The lowest BCUT2D eigenvalue weighted by atomic mass is 9.86. The summed E-state index contributed by atoms with van der Waals surface area (Å²) in [6.45, 7) is 5.93. The molecular formula is C19H32N4O3. The van der Waals surface area contributed by atoms with Gasteiger partial charge in [-0.25, -0.2) is 0 Å². The Morgan fingerprint density at radius 2 is 1.35 bits per heavy atom. The van der Waals surface area contributed by atoms with Crippen molar-refractivity contribution in [3.05, 3.63) is 0 Å². The minimum Gasteiger partial charge on any atom is -0.342 e. The van der Waals surface area contributed by atoms with Gasteiger partial charge in [0.25, 0.3) is 0 Å². The van der Waals surface area contributed by atoms with E-state index in [4.69, 9.17) is 0 Å². The summed E-state index contributed by atoms with van der Waals surface area (Å²) in [6, 6.07) is 0. The van der Waals surface area contributed by atoms with Crippen LogP contribution in [0.25, 0.3) is 0 Å². The van der Waals surface area contributed by atoms with Crippen LogP contribution in [-0.2, 0) is 14.4 Å². The number of rotatable bonds is 5. The molecule has 146 valence electrons. The molecule has 3 aliphatic rings. The fraction of sp³-hybridized carbons (Fsp3) is 0.842. The van der Waals surface area contributed by atoms with Crippen molar-refractivity contribution in [2.75, 3.05) is 58.9 Å². The molecule has 0 N–H and O–H groups in total. The number of carbonyl (C=O) groups excluding carboxylic acids is 3. The maximum Gasteiger partial charge on any atom is 0.236 e. The summed E-state index contributed by atoms with van der Waals surface area (Å²) in [6.07, 6.45) is 7.84. The van der Waals surface area contributed by atoms with E-state index in [2.05, 4.69) is 4.90 Å². The molecule has 3 rings (SSSR count). The Hall–Kier alpha value is -1.63. The van der Waals surface area contributed by atoms with Crippen LogP contribution in [0.15, 0.2) is 0 Å². The van der Waals surface area contributed by atoms with E-state index in [9.17, 15) is 14.4 Å². The van der Waals surface area contributed by atoms with E-state index in [0.717, 1.165) is 32.6 Å². The summed E-state index contributed by atoms with van der Waals surface area (Å²) in [5.41, 5.74) is 0. The lowest BCUT2D eigenvalue weighted by molar-refractivity contribution is -0.138. The molecule has 0 radical (unpaired) electrons. The largest absolute Gasteiger partial charge is 0.342 e. The van der Waals surface area contributed by atoms with Crippen LogP contribution < -0.4 is 0 Å². The normalized spacial score (nSPS) is 23.2. The molecule has 0 bridgehead atoms. The first-order valence-electron chi connectivity index (χ1n) is 10.1. The van der Waals surface area contributed by atoms with Gasteiger partial charge in [0.1, 0.15) is 0 Å². The number of amides is 3. The van der Waals surface area contributed by atoms with Crippen LogP contribution in [0, 0.1) is 5.92 Å². The van der Waals surface area contributed by atoms with Crippen LogP contribution >= 0.6 is 0 Å². The predicted octanol–water partition coefficient (Wildman–Crippen LogP) is 0.402. The summed E-state index contributed by atoms with van der Waals surface area (Å²) in [7, 11) is 0. The highest BCUT2D eigenvalue weighted by Crippen LogP contribution is 2.27. The Kier molecular flexibility index (Phi) is 6.88. The predicted molar refractivity (Wildman–Crippen MR) is 98.4 cm³/mol. The zero-order valence-corrected chi connectivity index (χ0v) is 15.8. The third kappa shape index (κ3) is 5.19. The number of hydrogen-bond donors (Lipinski definition) is 0. The summed E-state index contributed by atoms with van der Waals surface area (Å²) in [4.78, 5) is 43.4. The molecule has 26 heavy (non-hydrogen) atoms. The Labute approximate surface area is 156 Å². The minimum atomic E-state index is 0.137. The fourth-order valence-corrected chi connectivity index (χ4v) is 4.29. The lowest BCUT2D eigenvalue weighted by Gasteiger charge is -2.37. The van der Waals surface area contributed by atoms with Crippen molar-refractivity contribution in [3.8, 4) is 0 Å². The standard InChI is InChI=1S/C19H32N4O3/c24-16-21-8-12-23(13-9-21)19(26)15-20-6-10-22(11-7-20)18(25)14-17-4-2-1-3-5-17/h16-17H,1-15H2. The quantitative estimate of drug-likeness (QED) is 0.663. The summed E-state index contributed by atoms with van der Waals surface area (Å²) < 4.78 is 0. The fourth-order valence-electron chi connectivity index (χ4n) is 4.29. The minimum absolute atomic E-state index is 0.137. The number of hydrogen-bond acceptors (Lipinski definition) is 4. The van der Waals surface area contributed by atoms with Crippen molar-refractivity contribution in [2.45, 2.75) is 38.5 Å². The van der Waals surface area contributed by atoms with Crippen LogP contribution in [0.5, 0.6) is 0 Å². The van der Waals surface area contributed by atoms with Crippen molar-refractivity contribution in [3.63, 3.8) is 0 Å². The van der Waals surface area contributed by atoms with Crippen molar-refractivity contribution < 1.29 is 14.4 Å². The van der Waals surface area contributed by atoms with Crippen molar-refractivity contribution in [1.82, 2.24) is 19.6 Å². The second-order valence-corrected chi connectivity index (χ2v) is 7.89. The number of piperazine rings is 2. The molecule has 7 nitrogen and oxygen atoms in total. The molecule has 3 fully saturated rings. The van der Waals surface area contributed by atoms with Gasteiger partial charge in [-0.15, -0.1) is 0 Å². The lowest BCUT2D eigenvalue weighted by Crippen LogP contribution is -2.54. The Morgan fingerprint density at radius 3 is 1.96 bits per heavy atom. The first-order valence-corrected chi connectivity index (χ1v) is 10.1. The van der Waals surface area contributed by atoms with Gasteiger partial charge in [-0.05, 0) is 18.8 Å². The maximum absolute atomic E-state index is 12.5. The second kappa shape index (κ2) is 9.35. The molecule has 3 amide bonds. The highest BCUT2D eigenvalue weighted by molar-refractivity contribution is 5.79. The maximum atomic E-state index is 12.5. The molecule has 0 spiro atoms. The van der Waals surface area contributed by atoms with Crippen LogP contribution in [-0.4, -0.2) is 96.7 Å². The van der Waals surface area contributed by atoms with E-state index >= 15 is 0 Å². The third-order valence-electron chi connectivity index (χ3n) is 6.09. The van der Waals surface area contributed by atoms with Gasteiger partial charge in [0.2, 0.25) is 18.2 Å². The van der Waals surface area contributed by atoms with Crippen LogP contribution in [0.3, 0.4) is 0 Å². The smallest absolute Gasteiger partial charge is 0.236 e. The molecule has 7 heteroatoms. The topological polar surface area (TPSA) is 64.2 Å². The number of nitrogens with zero attached hydrogens (tertiary/aromatic N) is 4. The highest BCUT2D eigenvalue weighted by Gasteiger charge is 2.27. The van der Waals surface area contributed by atoms with Gasteiger partial charge in [-0.2, -0.15) is 0 Å². The molecule has 1 saturated carbocycles. The van der Waals surface area contributed by atoms with Gasteiger partial charge in [-0.1, -0.05) is 19.3 Å². The Bertz CT molecular complexity index is 491. The SMILES string of the molecule is O=CN1CCN(C(=O)CN2CCN(C(=O)CC3CCCCC3)CC2)CC1. The molecule has 0 aromatic heterocycles. The average Bonchev–Trinajstić information content (AvgIpc) is 2.69. The van der Waals surface area contributed by atoms with E-state index < -0.39 is 0 Å². The van der Waals surface area contributed by atoms with Crippen LogP contribution in [0.2, 0.25) is 0 Å². The average molecular weight is 364 g/mol. The molecule has 0 unspecified atom stereocenters. The van der Waals surface area contributed by atoms with Crippen LogP contribution in [0.4, 0.5) is 0 Å². The second-order valence-electron chi connectivity index (χ2n) is 7.89. The van der Waals surface area contributed by atoms with E-state index in [1.807, 2.05) is 9.80 Å². The molecule has 0 aromatic rings. The van der Waals surface area contributed by atoms with Gasteiger partial charge in [0, 0.05) is 58.8 Å². The first-order chi connectivity index (χ1) is 12.7. The zero-order chi connectivity index (χ0) is 18.4. The first kappa shape index (κ1) is 19.1. The van der Waals surface area contributed by atoms with Gasteiger partial charge >= 0.3 is 0 Å². The van der Waals surface area contributed by atoms with Gasteiger partial charge in [-0.3, -0.25) is 19.3 Å². The Balaban J connectivity index is 1.36. The monoisotopic (exact) mass is 364 g/mol. The molecule has 2 saturated heterocycles. The number of carbonyl (C=O) groups is 3. The summed E-state index contributed by atoms with van der Waals surface area (Å²) >= 11 is 0. The van der Waals surface area contributed by atoms with E-state index in [-0.39, 0.29) is 5.91 Å². The third-order valence-corrected chi connectivity index (χ3v) is 6.09. The van der Waals surface area contributed by atoms with Crippen LogP contribution in [0.1, 0.15) is 38.5 Å². The molecule has 2 aliphatic heterocycles. The highest BCUT2D eigenvalue weighted by atomic mass is 16.2. The van der Waals surface area contributed by atoms with Crippen molar-refractivity contribution in [2.24, 2.45) is 5.92 Å². The molecule has 0 atom stereocenters. The Morgan fingerprint density at radius 1 is 0.769 bits per heavy atom. The van der Waals surface area contributed by atoms with Gasteiger partial charge in [0.05, 0.1) is 6.54 Å². The van der Waals surface area contributed by atoms with E-state index in [1.54, 1.807) is 4.90 Å². The van der Waals surface area contributed by atoms with Crippen molar-refractivity contribution in [1.29, 1.82) is 0 Å². The van der Waals surface area contributed by atoms with Gasteiger partial charge < -0.3 is 14.7 Å². The zero-order valence-electron chi connectivity index (χ0n) is 15.8. The molecule has 2 heterocycles. The van der Waals surface area contributed by atoms with E-state index in [1.165, 1.54) is 32.1 Å². The molecular weight excluding hydrogens is 332 g/mol. The van der Waals surface area contributed by atoms with Crippen molar-refractivity contribution >= 4 is 18.2 Å². The van der Waals surface area contributed by atoms with E-state index in [0.29, 0.717) is 51.0 Å².